The van der Waals surface area contributed by atoms with Gasteiger partial charge in [0.1, 0.15) is 6.04 Å². The third-order valence-electron chi connectivity index (χ3n) is 4.97. The zero-order valence-electron chi connectivity index (χ0n) is 16.9. The van der Waals surface area contributed by atoms with Gasteiger partial charge in [0.25, 0.3) is 11.8 Å². The molecule has 3 heterocycles. The van der Waals surface area contributed by atoms with Gasteiger partial charge in [-0.15, -0.1) is 0 Å². The third kappa shape index (κ3) is 3.73. The van der Waals surface area contributed by atoms with E-state index in [0.29, 0.717) is 11.4 Å². The minimum Gasteiger partial charge on any atom is -0.337 e. The van der Waals surface area contributed by atoms with Gasteiger partial charge in [0.15, 0.2) is 0 Å². The van der Waals surface area contributed by atoms with Crippen LogP contribution in [0.5, 0.6) is 0 Å². The summed E-state index contributed by atoms with van der Waals surface area (Å²) in [6.45, 7) is 3.62. The number of rotatable bonds is 6. The number of nitrogens with zero attached hydrogens (tertiary/aromatic N) is 4. The van der Waals surface area contributed by atoms with Crippen molar-refractivity contribution in [1.82, 2.24) is 24.7 Å². The molecular formula is C20H19N5O5S. The second-order valence-electron chi connectivity index (χ2n) is 7.41. The molecule has 2 amide bonds. The Balaban J connectivity index is 1.64. The summed E-state index contributed by atoms with van der Waals surface area (Å²) in [5.74, 6) is -0.809. The van der Waals surface area contributed by atoms with E-state index in [-0.39, 0.29) is 27.8 Å². The first-order valence-electron chi connectivity index (χ1n) is 9.42. The summed E-state index contributed by atoms with van der Waals surface area (Å²) in [5, 5.41) is 3.93. The van der Waals surface area contributed by atoms with Crippen molar-refractivity contribution in [1.29, 1.82) is 0 Å². The highest BCUT2D eigenvalue weighted by molar-refractivity contribution is 7.89. The van der Waals surface area contributed by atoms with E-state index >= 15 is 0 Å². The number of nitrogens with one attached hydrogen (secondary N) is 1. The maximum absolute atomic E-state index is 13.0. The van der Waals surface area contributed by atoms with Crippen molar-refractivity contribution in [2.24, 2.45) is 5.92 Å². The Hall–Kier alpha value is -3.44. The lowest BCUT2D eigenvalue weighted by Gasteiger charge is -2.18. The lowest BCUT2D eigenvalue weighted by molar-refractivity contribution is 0.0693. The third-order valence-corrected chi connectivity index (χ3v) is 6.41. The van der Waals surface area contributed by atoms with Crippen LogP contribution < -0.4 is 4.72 Å². The van der Waals surface area contributed by atoms with Crippen LogP contribution in [0.15, 0.2) is 52.1 Å². The van der Waals surface area contributed by atoms with Gasteiger partial charge in [0, 0.05) is 25.0 Å². The predicted octanol–water partition coefficient (Wildman–Crippen LogP) is 2.03. The molecule has 0 spiro atoms. The Bertz CT molecular complexity index is 1270. The maximum atomic E-state index is 13.0. The van der Waals surface area contributed by atoms with Crippen LogP contribution in [0.1, 0.15) is 46.5 Å². The molecule has 1 aromatic carbocycles. The van der Waals surface area contributed by atoms with Crippen molar-refractivity contribution >= 4 is 21.8 Å². The van der Waals surface area contributed by atoms with Crippen LogP contribution in [0.3, 0.4) is 0 Å². The Morgan fingerprint density at radius 1 is 1.03 bits per heavy atom. The largest absolute Gasteiger partial charge is 0.337 e. The predicted molar refractivity (Wildman–Crippen MR) is 108 cm³/mol. The summed E-state index contributed by atoms with van der Waals surface area (Å²) >= 11 is 0. The van der Waals surface area contributed by atoms with E-state index < -0.39 is 27.9 Å². The molecule has 3 aromatic rings. The van der Waals surface area contributed by atoms with E-state index in [9.17, 15) is 18.0 Å². The van der Waals surface area contributed by atoms with Gasteiger partial charge < -0.3 is 4.52 Å². The van der Waals surface area contributed by atoms with Crippen molar-refractivity contribution in [3.8, 4) is 11.4 Å². The fourth-order valence-corrected chi connectivity index (χ4v) is 4.56. The first-order chi connectivity index (χ1) is 14.7. The van der Waals surface area contributed by atoms with Crippen LogP contribution in [0.25, 0.3) is 11.4 Å². The van der Waals surface area contributed by atoms with Crippen LogP contribution >= 0.6 is 0 Å². The Morgan fingerprint density at radius 3 is 2.39 bits per heavy atom. The standard InChI is InChI=1S/C20H19N5O5S/c1-11(2)16(18-22-17(23-30-18)12-6-8-21-9-7-12)24-31(28,29)13-4-5-14-15(10-13)20(27)25(3)19(14)26/h4-11,16,24H,1-3H3. The SMILES string of the molecule is CC(C)C(NS(=O)(=O)c1ccc2c(c1)C(=O)N(C)C2=O)c1nc(-c2ccncc2)no1. The number of hydrogen-bond acceptors (Lipinski definition) is 8. The summed E-state index contributed by atoms with van der Waals surface area (Å²) in [5.41, 5.74) is 0.904. The average Bonchev–Trinajstić information content (AvgIpc) is 3.33. The van der Waals surface area contributed by atoms with E-state index in [4.69, 9.17) is 4.52 Å². The fourth-order valence-electron chi connectivity index (χ4n) is 3.19. The molecule has 31 heavy (non-hydrogen) atoms. The number of pyridine rings is 1. The highest BCUT2D eigenvalue weighted by Crippen LogP contribution is 2.28. The summed E-state index contributed by atoms with van der Waals surface area (Å²) in [6.07, 6.45) is 3.18. The molecule has 0 saturated heterocycles. The summed E-state index contributed by atoms with van der Waals surface area (Å²) in [7, 11) is -2.71. The average molecular weight is 441 g/mol. The molecule has 1 aliphatic heterocycles. The van der Waals surface area contributed by atoms with Gasteiger partial charge in [0.2, 0.25) is 21.7 Å². The Kier molecular flexibility index (Phi) is 5.15. The van der Waals surface area contributed by atoms with E-state index in [2.05, 4.69) is 19.8 Å². The number of carbonyl (C=O) groups excluding carboxylic acids is 2. The molecule has 11 heteroatoms. The number of sulfonamides is 1. The molecule has 0 saturated carbocycles. The molecule has 160 valence electrons. The number of carbonyl (C=O) groups is 2. The van der Waals surface area contributed by atoms with Gasteiger partial charge >= 0.3 is 0 Å². The van der Waals surface area contributed by atoms with Crippen LogP contribution in [0.2, 0.25) is 0 Å². The number of imide groups is 1. The highest BCUT2D eigenvalue weighted by Gasteiger charge is 2.35. The van der Waals surface area contributed by atoms with E-state index in [1.165, 1.54) is 25.2 Å². The van der Waals surface area contributed by atoms with Crippen LogP contribution in [-0.2, 0) is 10.0 Å². The first-order valence-corrected chi connectivity index (χ1v) is 10.9. The number of hydrogen-bond donors (Lipinski definition) is 1. The summed E-state index contributed by atoms with van der Waals surface area (Å²) in [4.78, 5) is 33.4. The molecule has 10 nitrogen and oxygen atoms in total. The molecular weight excluding hydrogens is 422 g/mol. The number of aromatic nitrogens is 3. The molecule has 1 atom stereocenters. The topological polar surface area (TPSA) is 135 Å². The van der Waals surface area contributed by atoms with Crippen molar-refractivity contribution in [3.63, 3.8) is 0 Å². The molecule has 0 fully saturated rings. The van der Waals surface area contributed by atoms with Crippen LogP contribution in [0, 0.1) is 5.92 Å². The normalized spacial score (nSPS) is 14.9. The molecule has 0 radical (unpaired) electrons. The van der Waals surface area contributed by atoms with Crippen LogP contribution in [0.4, 0.5) is 0 Å². The van der Waals surface area contributed by atoms with Gasteiger partial charge in [-0.2, -0.15) is 9.71 Å². The molecule has 0 aliphatic carbocycles. The second kappa shape index (κ2) is 7.67. The number of amides is 2. The summed E-state index contributed by atoms with van der Waals surface area (Å²) < 4.78 is 34.0. The van der Waals surface area contributed by atoms with E-state index in [0.717, 1.165) is 4.90 Å². The highest BCUT2D eigenvalue weighted by atomic mass is 32.2. The van der Waals surface area contributed by atoms with Gasteiger partial charge in [-0.25, -0.2) is 8.42 Å². The number of benzene rings is 1. The lowest BCUT2D eigenvalue weighted by atomic mass is 10.1. The fraction of sp³-hybridized carbons (Fsp3) is 0.250. The molecule has 1 N–H and O–H groups in total. The van der Waals surface area contributed by atoms with E-state index in [1.807, 2.05) is 13.8 Å². The zero-order valence-corrected chi connectivity index (χ0v) is 17.8. The molecule has 1 unspecified atom stereocenters. The van der Waals surface area contributed by atoms with Crippen molar-refractivity contribution in [2.45, 2.75) is 24.8 Å². The van der Waals surface area contributed by atoms with Crippen LogP contribution in [-0.4, -0.2) is 47.3 Å². The van der Waals surface area contributed by atoms with E-state index in [1.54, 1.807) is 24.5 Å². The quantitative estimate of drug-likeness (QED) is 0.574. The van der Waals surface area contributed by atoms with Crippen molar-refractivity contribution in [3.05, 3.63) is 59.7 Å². The Labute approximate surface area is 178 Å². The molecule has 4 rings (SSSR count). The maximum Gasteiger partial charge on any atom is 0.261 e. The molecule has 1 aliphatic rings. The smallest absolute Gasteiger partial charge is 0.261 e. The minimum absolute atomic E-state index is 0.0502. The molecule has 2 aromatic heterocycles. The lowest BCUT2D eigenvalue weighted by Crippen LogP contribution is -2.32. The summed E-state index contributed by atoms with van der Waals surface area (Å²) in [6, 6.07) is 6.45. The molecule has 0 bridgehead atoms. The monoisotopic (exact) mass is 441 g/mol. The second-order valence-corrected chi connectivity index (χ2v) is 9.13. The minimum atomic E-state index is -4.06. The van der Waals surface area contributed by atoms with Crippen molar-refractivity contribution in [2.75, 3.05) is 7.05 Å². The van der Waals surface area contributed by atoms with Gasteiger partial charge in [0.05, 0.1) is 16.0 Å². The van der Waals surface area contributed by atoms with Gasteiger partial charge in [-0.05, 0) is 36.2 Å². The first kappa shape index (κ1) is 20.8. The van der Waals surface area contributed by atoms with Gasteiger partial charge in [-0.1, -0.05) is 19.0 Å². The van der Waals surface area contributed by atoms with Crippen molar-refractivity contribution < 1.29 is 22.5 Å². The zero-order chi connectivity index (χ0) is 22.3. The van der Waals surface area contributed by atoms with Gasteiger partial charge in [-0.3, -0.25) is 19.5 Å². The number of fused-ring (bicyclic) bond motifs is 1. The Morgan fingerprint density at radius 2 is 1.71 bits per heavy atom.